The van der Waals surface area contributed by atoms with E-state index in [-0.39, 0.29) is 22.9 Å². The highest BCUT2D eigenvalue weighted by atomic mass is 35.5. The maximum atomic E-state index is 11.1. The Balaban J connectivity index is 2.17. The predicted octanol–water partition coefficient (Wildman–Crippen LogP) is 2.43. The second-order valence-corrected chi connectivity index (χ2v) is 5.02. The average Bonchev–Trinajstić information content (AvgIpc) is 2.45. The lowest BCUT2D eigenvalue weighted by Crippen LogP contribution is -2.40. The molecule has 110 valence electrons. The van der Waals surface area contributed by atoms with Gasteiger partial charge in [0.25, 0.3) is 0 Å². The quantitative estimate of drug-likeness (QED) is 0.472. The van der Waals surface area contributed by atoms with Gasteiger partial charge >= 0.3 is 5.69 Å². The molecule has 20 heavy (non-hydrogen) atoms. The molecule has 2 rings (SSSR count). The third-order valence-electron chi connectivity index (χ3n) is 3.15. The minimum Gasteiger partial charge on any atom is -0.376 e. The normalized spacial score (nSPS) is 19.1. The minimum absolute atomic E-state index is 0.0159. The molecule has 8 heteroatoms. The molecule has 2 heterocycles. The van der Waals surface area contributed by atoms with Gasteiger partial charge in [-0.25, -0.2) is 4.98 Å². The molecule has 1 fully saturated rings. The van der Waals surface area contributed by atoms with Gasteiger partial charge in [0.15, 0.2) is 0 Å². The lowest BCUT2D eigenvalue weighted by atomic mass is 10.1. The Bertz CT molecular complexity index is 486. The van der Waals surface area contributed by atoms with E-state index in [4.69, 9.17) is 16.3 Å². The van der Waals surface area contributed by atoms with Gasteiger partial charge in [-0.2, -0.15) is 4.98 Å². The Kier molecular flexibility index (Phi) is 5.08. The molecular formula is C12H17ClN4O3. The van der Waals surface area contributed by atoms with Crippen molar-refractivity contribution in [1.29, 1.82) is 0 Å². The first-order valence-electron chi connectivity index (χ1n) is 6.65. The van der Waals surface area contributed by atoms with Crippen LogP contribution in [0.5, 0.6) is 0 Å². The van der Waals surface area contributed by atoms with Crippen molar-refractivity contribution < 1.29 is 9.66 Å². The van der Waals surface area contributed by atoms with Crippen LogP contribution >= 0.6 is 11.6 Å². The number of nitrogens with zero attached hydrogens (tertiary/aromatic N) is 4. The van der Waals surface area contributed by atoms with Crippen LogP contribution in [-0.2, 0) is 4.74 Å². The number of rotatable bonds is 5. The largest absolute Gasteiger partial charge is 0.376 e. The molecule has 0 saturated carbocycles. The Morgan fingerprint density at radius 1 is 1.65 bits per heavy atom. The van der Waals surface area contributed by atoms with Gasteiger partial charge in [0.05, 0.1) is 11.0 Å². The van der Waals surface area contributed by atoms with Gasteiger partial charge in [0, 0.05) is 19.7 Å². The van der Waals surface area contributed by atoms with E-state index in [0.29, 0.717) is 19.7 Å². The van der Waals surface area contributed by atoms with Gasteiger partial charge < -0.3 is 9.64 Å². The number of nitro groups is 1. The summed E-state index contributed by atoms with van der Waals surface area (Å²) in [5, 5.41) is 11.1. The van der Waals surface area contributed by atoms with E-state index in [1.807, 2.05) is 4.90 Å². The Morgan fingerprint density at radius 2 is 2.45 bits per heavy atom. The molecule has 0 bridgehead atoms. The number of aromatic nitrogens is 2. The second-order valence-electron chi connectivity index (χ2n) is 4.69. The summed E-state index contributed by atoms with van der Waals surface area (Å²) in [6.45, 7) is 4.05. The van der Waals surface area contributed by atoms with Gasteiger partial charge in [-0.15, -0.1) is 0 Å². The van der Waals surface area contributed by atoms with Crippen molar-refractivity contribution in [3.8, 4) is 0 Å². The summed E-state index contributed by atoms with van der Waals surface area (Å²) in [4.78, 5) is 20.1. The van der Waals surface area contributed by atoms with Crippen molar-refractivity contribution >= 4 is 23.1 Å². The van der Waals surface area contributed by atoms with Crippen LogP contribution in [0.4, 0.5) is 11.5 Å². The monoisotopic (exact) mass is 300 g/mol. The van der Waals surface area contributed by atoms with Crippen molar-refractivity contribution in [2.75, 3.05) is 24.6 Å². The van der Waals surface area contributed by atoms with Crippen molar-refractivity contribution in [2.45, 2.75) is 32.3 Å². The van der Waals surface area contributed by atoms with Gasteiger partial charge in [-0.1, -0.05) is 6.92 Å². The van der Waals surface area contributed by atoms with Crippen LogP contribution in [0, 0.1) is 10.1 Å². The first-order valence-corrected chi connectivity index (χ1v) is 7.03. The molecule has 1 atom stereocenters. The molecule has 0 aliphatic carbocycles. The van der Waals surface area contributed by atoms with Crippen LogP contribution in [-0.4, -0.2) is 40.7 Å². The molecule has 1 unspecified atom stereocenters. The average molecular weight is 301 g/mol. The smallest absolute Gasteiger partial charge is 0.329 e. The Morgan fingerprint density at radius 3 is 3.15 bits per heavy atom. The highest BCUT2D eigenvalue weighted by Crippen LogP contribution is 2.29. The zero-order valence-corrected chi connectivity index (χ0v) is 12.0. The van der Waals surface area contributed by atoms with Crippen LogP contribution in [0.2, 0.25) is 5.28 Å². The molecule has 1 aromatic heterocycles. The van der Waals surface area contributed by atoms with E-state index in [0.717, 1.165) is 25.5 Å². The number of hydrogen-bond acceptors (Lipinski definition) is 6. The molecular weight excluding hydrogens is 284 g/mol. The van der Waals surface area contributed by atoms with Crippen LogP contribution < -0.4 is 4.90 Å². The van der Waals surface area contributed by atoms with Crippen LogP contribution in [0.3, 0.4) is 0 Å². The lowest BCUT2D eigenvalue weighted by Gasteiger charge is -2.33. The number of anilines is 1. The molecule has 0 spiro atoms. The van der Waals surface area contributed by atoms with E-state index in [1.54, 1.807) is 0 Å². The minimum atomic E-state index is -0.484. The second kappa shape index (κ2) is 6.81. The fourth-order valence-electron chi connectivity index (χ4n) is 2.26. The molecule has 0 aromatic carbocycles. The third-order valence-corrected chi connectivity index (χ3v) is 3.33. The van der Waals surface area contributed by atoms with E-state index < -0.39 is 4.92 Å². The Hall–Kier alpha value is -1.47. The summed E-state index contributed by atoms with van der Waals surface area (Å²) in [7, 11) is 0. The highest BCUT2D eigenvalue weighted by Gasteiger charge is 2.27. The van der Waals surface area contributed by atoms with E-state index >= 15 is 0 Å². The third kappa shape index (κ3) is 3.55. The standard InChI is InChI=1S/C12H17ClN4O3/c1-2-6-20-9-4-3-5-16(8-9)11-10(17(18)19)7-14-12(13)15-11/h7,9H,2-6,8H2,1H3. The van der Waals surface area contributed by atoms with E-state index in [9.17, 15) is 10.1 Å². The van der Waals surface area contributed by atoms with Crippen molar-refractivity contribution in [2.24, 2.45) is 0 Å². The zero-order valence-electron chi connectivity index (χ0n) is 11.3. The van der Waals surface area contributed by atoms with Gasteiger partial charge in [-0.05, 0) is 30.9 Å². The molecule has 0 N–H and O–H groups in total. The fourth-order valence-corrected chi connectivity index (χ4v) is 2.39. The van der Waals surface area contributed by atoms with Crippen LogP contribution in [0.1, 0.15) is 26.2 Å². The fraction of sp³-hybridized carbons (Fsp3) is 0.667. The van der Waals surface area contributed by atoms with E-state index in [2.05, 4.69) is 16.9 Å². The van der Waals surface area contributed by atoms with Crippen LogP contribution in [0.25, 0.3) is 0 Å². The van der Waals surface area contributed by atoms with Crippen molar-refractivity contribution in [3.05, 3.63) is 21.6 Å². The first kappa shape index (κ1) is 14.9. The van der Waals surface area contributed by atoms with Gasteiger partial charge in [0.2, 0.25) is 11.1 Å². The van der Waals surface area contributed by atoms with E-state index in [1.165, 1.54) is 0 Å². The molecule has 1 aromatic rings. The number of halogens is 1. The summed E-state index contributed by atoms with van der Waals surface area (Å²) in [5.41, 5.74) is -0.120. The summed E-state index contributed by atoms with van der Waals surface area (Å²) in [6.07, 6.45) is 4.06. The van der Waals surface area contributed by atoms with Crippen molar-refractivity contribution in [3.63, 3.8) is 0 Å². The molecule has 0 radical (unpaired) electrons. The summed E-state index contributed by atoms with van der Waals surface area (Å²) < 4.78 is 5.73. The molecule has 1 aliphatic heterocycles. The number of ether oxygens (including phenoxy) is 1. The summed E-state index contributed by atoms with van der Waals surface area (Å²) >= 11 is 5.76. The van der Waals surface area contributed by atoms with Crippen LogP contribution in [0.15, 0.2) is 6.20 Å². The molecule has 1 saturated heterocycles. The van der Waals surface area contributed by atoms with Gasteiger partial charge in [-0.3, -0.25) is 10.1 Å². The maximum absolute atomic E-state index is 11.1. The molecule has 7 nitrogen and oxygen atoms in total. The lowest BCUT2D eigenvalue weighted by molar-refractivity contribution is -0.384. The highest BCUT2D eigenvalue weighted by molar-refractivity contribution is 6.28. The topological polar surface area (TPSA) is 81.4 Å². The maximum Gasteiger partial charge on any atom is 0.329 e. The Labute approximate surface area is 122 Å². The van der Waals surface area contributed by atoms with Gasteiger partial charge in [0.1, 0.15) is 6.20 Å². The summed E-state index contributed by atoms with van der Waals surface area (Å²) in [6, 6.07) is 0. The molecule has 0 amide bonds. The first-order chi connectivity index (χ1) is 9.61. The predicted molar refractivity (Wildman–Crippen MR) is 75.2 cm³/mol. The SMILES string of the molecule is CCCOC1CCCN(c2nc(Cl)ncc2[N+](=O)[O-])C1. The zero-order chi connectivity index (χ0) is 14.5. The molecule has 1 aliphatic rings. The summed E-state index contributed by atoms with van der Waals surface area (Å²) in [5.74, 6) is 0.278. The van der Waals surface area contributed by atoms with Crippen molar-refractivity contribution in [1.82, 2.24) is 9.97 Å². The number of hydrogen-bond donors (Lipinski definition) is 0. The number of piperidine rings is 1.